The number of para-hydroxylation sites is 1. The third-order valence-corrected chi connectivity index (χ3v) is 3.55. The third kappa shape index (κ3) is 2.96. The first-order valence-electron chi connectivity index (χ1n) is 7.33. The van der Waals surface area contributed by atoms with E-state index in [9.17, 15) is 4.79 Å². The van der Waals surface area contributed by atoms with Crippen LogP contribution in [0.2, 0.25) is 0 Å². The van der Waals surface area contributed by atoms with E-state index in [1.807, 2.05) is 31.2 Å². The van der Waals surface area contributed by atoms with Crippen molar-refractivity contribution in [3.63, 3.8) is 0 Å². The number of carbonyl (C=O) groups is 1. The summed E-state index contributed by atoms with van der Waals surface area (Å²) < 4.78 is 6.99. The van der Waals surface area contributed by atoms with Crippen LogP contribution in [0, 0.1) is 6.92 Å². The number of azo groups is 1. The Morgan fingerprint density at radius 2 is 2.04 bits per heavy atom. The van der Waals surface area contributed by atoms with Gasteiger partial charge in [-0.05, 0) is 30.7 Å². The number of carboxylic acid groups (broad SMARTS) is 1. The number of aromatic nitrogens is 2. The summed E-state index contributed by atoms with van der Waals surface area (Å²) in [5, 5.41) is 17.6. The van der Waals surface area contributed by atoms with Gasteiger partial charge in [-0.25, -0.2) is 4.98 Å². The molecule has 2 heterocycles. The predicted molar refractivity (Wildman–Crippen MR) is 88.4 cm³/mol. The lowest BCUT2D eigenvalue weighted by atomic mass is 10.3. The van der Waals surface area contributed by atoms with Gasteiger partial charge in [0, 0.05) is 6.20 Å². The second-order valence-corrected chi connectivity index (χ2v) is 5.21. The van der Waals surface area contributed by atoms with Gasteiger partial charge >= 0.3 is 5.97 Å². The van der Waals surface area contributed by atoms with Gasteiger partial charge in [-0.1, -0.05) is 18.2 Å². The molecule has 7 nitrogen and oxygen atoms in total. The molecule has 3 aromatic rings. The minimum absolute atomic E-state index is 0.221. The molecule has 0 saturated heterocycles. The first kappa shape index (κ1) is 15.7. The summed E-state index contributed by atoms with van der Waals surface area (Å²) >= 11 is 0. The first-order chi connectivity index (χ1) is 11.6. The molecule has 1 aromatic carbocycles. The van der Waals surface area contributed by atoms with Gasteiger partial charge in [0.15, 0.2) is 5.82 Å². The Kier molecular flexibility index (Phi) is 4.24. The van der Waals surface area contributed by atoms with Crippen molar-refractivity contribution in [1.29, 1.82) is 0 Å². The number of aryl methyl sites for hydroxylation is 1. The van der Waals surface area contributed by atoms with Gasteiger partial charge in [0.05, 0.1) is 19.2 Å². The number of nitrogens with zero attached hydrogens (tertiary/aromatic N) is 4. The van der Waals surface area contributed by atoms with Crippen molar-refractivity contribution in [3.8, 4) is 5.75 Å². The second-order valence-electron chi connectivity index (χ2n) is 5.21. The van der Waals surface area contributed by atoms with Crippen molar-refractivity contribution >= 4 is 23.1 Å². The van der Waals surface area contributed by atoms with Gasteiger partial charge < -0.3 is 9.84 Å². The summed E-state index contributed by atoms with van der Waals surface area (Å²) in [6.07, 6.45) is 1.57. The standard InChI is InChI=1S/C17H16N4O3/c1-11-6-5-9-21-16(11)18-13(10-15(22)23)17(21)20-19-12-7-3-4-8-14(12)24-2/h3-9H,10H2,1-2H3,(H,22,23). The van der Waals surface area contributed by atoms with Gasteiger partial charge in [0.25, 0.3) is 0 Å². The van der Waals surface area contributed by atoms with E-state index in [-0.39, 0.29) is 6.42 Å². The number of rotatable bonds is 5. The molecule has 0 atom stereocenters. The highest BCUT2D eigenvalue weighted by Gasteiger charge is 2.16. The lowest BCUT2D eigenvalue weighted by Crippen LogP contribution is -2.00. The quantitative estimate of drug-likeness (QED) is 0.725. The molecule has 3 rings (SSSR count). The molecule has 24 heavy (non-hydrogen) atoms. The monoisotopic (exact) mass is 324 g/mol. The summed E-state index contributed by atoms with van der Waals surface area (Å²) in [6.45, 7) is 1.91. The molecule has 7 heteroatoms. The lowest BCUT2D eigenvalue weighted by molar-refractivity contribution is -0.136. The zero-order chi connectivity index (χ0) is 17.1. The number of pyridine rings is 1. The van der Waals surface area contributed by atoms with Gasteiger partial charge in [0.2, 0.25) is 0 Å². The maximum Gasteiger partial charge on any atom is 0.309 e. The van der Waals surface area contributed by atoms with Crippen LogP contribution >= 0.6 is 0 Å². The van der Waals surface area contributed by atoms with Crippen LogP contribution in [0.1, 0.15) is 11.3 Å². The highest BCUT2D eigenvalue weighted by atomic mass is 16.5. The SMILES string of the molecule is COc1ccccc1N=Nc1c(CC(=O)O)nc2c(C)cccn12. The Morgan fingerprint density at radius 1 is 1.25 bits per heavy atom. The molecule has 0 saturated carbocycles. The Bertz CT molecular complexity index is 931. The molecular formula is C17H16N4O3. The van der Waals surface area contributed by atoms with Crippen molar-refractivity contribution in [3.05, 3.63) is 53.9 Å². The fourth-order valence-electron chi connectivity index (χ4n) is 2.42. The maximum absolute atomic E-state index is 11.1. The van der Waals surface area contributed by atoms with Crippen LogP contribution in [-0.2, 0) is 11.2 Å². The van der Waals surface area contributed by atoms with Crippen LogP contribution in [0.15, 0.2) is 52.8 Å². The van der Waals surface area contributed by atoms with Crippen LogP contribution in [0.5, 0.6) is 5.75 Å². The average molecular weight is 324 g/mol. The van der Waals surface area contributed by atoms with Crippen molar-refractivity contribution in [2.75, 3.05) is 7.11 Å². The number of carboxylic acids is 1. The number of fused-ring (bicyclic) bond motifs is 1. The molecule has 0 radical (unpaired) electrons. The smallest absolute Gasteiger partial charge is 0.309 e. The molecular weight excluding hydrogens is 308 g/mol. The van der Waals surface area contributed by atoms with Crippen LogP contribution in [0.3, 0.4) is 0 Å². The van der Waals surface area contributed by atoms with E-state index in [4.69, 9.17) is 9.84 Å². The van der Waals surface area contributed by atoms with E-state index in [1.165, 1.54) is 0 Å². The Balaban J connectivity index is 2.12. The Hall–Kier alpha value is -3.22. The van der Waals surface area contributed by atoms with E-state index >= 15 is 0 Å². The Labute approximate surface area is 138 Å². The first-order valence-corrected chi connectivity index (χ1v) is 7.33. The summed E-state index contributed by atoms with van der Waals surface area (Å²) in [4.78, 5) is 15.5. The number of ether oxygens (including phenoxy) is 1. The fraction of sp³-hybridized carbons (Fsp3) is 0.176. The molecule has 0 amide bonds. The highest BCUT2D eigenvalue weighted by Crippen LogP contribution is 2.30. The number of hydrogen-bond donors (Lipinski definition) is 1. The van der Waals surface area contributed by atoms with E-state index in [0.29, 0.717) is 28.6 Å². The molecule has 0 bridgehead atoms. The van der Waals surface area contributed by atoms with Crippen LogP contribution in [0.4, 0.5) is 11.5 Å². The summed E-state index contributed by atoms with van der Waals surface area (Å²) in [6, 6.07) is 11.0. The topological polar surface area (TPSA) is 88.5 Å². The normalized spacial score (nSPS) is 11.2. The average Bonchev–Trinajstić information content (AvgIpc) is 2.91. The van der Waals surface area contributed by atoms with Gasteiger partial charge in [0.1, 0.15) is 17.1 Å². The molecule has 0 fully saturated rings. The van der Waals surface area contributed by atoms with Gasteiger partial charge in [-0.3, -0.25) is 9.20 Å². The minimum atomic E-state index is -0.968. The van der Waals surface area contributed by atoms with Crippen LogP contribution < -0.4 is 4.74 Å². The fourth-order valence-corrected chi connectivity index (χ4v) is 2.42. The van der Waals surface area contributed by atoms with Crippen molar-refractivity contribution in [2.45, 2.75) is 13.3 Å². The lowest BCUT2D eigenvalue weighted by Gasteiger charge is -2.02. The number of benzene rings is 1. The largest absolute Gasteiger partial charge is 0.494 e. The zero-order valence-electron chi connectivity index (χ0n) is 13.3. The van der Waals surface area contributed by atoms with E-state index in [0.717, 1.165) is 5.56 Å². The summed E-state index contributed by atoms with van der Waals surface area (Å²) in [5.41, 5.74) is 2.53. The molecule has 0 unspecified atom stereocenters. The highest BCUT2D eigenvalue weighted by molar-refractivity contribution is 5.72. The van der Waals surface area contributed by atoms with Crippen molar-refractivity contribution in [2.24, 2.45) is 10.2 Å². The molecule has 1 N–H and O–H groups in total. The summed E-state index contributed by atoms with van der Waals surface area (Å²) in [5.74, 6) is 0.0258. The van der Waals surface area contributed by atoms with Crippen LogP contribution in [-0.4, -0.2) is 27.6 Å². The zero-order valence-corrected chi connectivity index (χ0v) is 13.3. The molecule has 2 aromatic heterocycles. The van der Waals surface area contributed by atoms with E-state index in [1.54, 1.807) is 29.8 Å². The van der Waals surface area contributed by atoms with E-state index < -0.39 is 5.97 Å². The maximum atomic E-state index is 11.1. The van der Waals surface area contributed by atoms with Gasteiger partial charge in [-0.15, -0.1) is 10.2 Å². The second kappa shape index (κ2) is 6.49. The third-order valence-electron chi connectivity index (χ3n) is 3.55. The molecule has 0 aliphatic heterocycles. The van der Waals surface area contributed by atoms with Crippen LogP contribution in [0.25, 0.3) is 5.65 Å². The molecule has 0 aliphatic rings. The van der Waals surface area contributed by atoms with E-state index in [2.05, 4.69) is 15.2 Å². The minimum Gasteiger partial charge on any atom is -0.494 e. The number of imidazole rings is 1. The number of aliphatic carboxylic acids is 1. The molecule has 0 aliphatic carbocycles. The number of methoxy groups -OCH3 is 1. The number of hydrogen-bond acceptors (Lipinski definition) is 5. The van der Waals surface area contributed by atoms with Crippen molar-refractivity contribution in [1.82, 2.24) is 9.38 Å². The predicted octanol–water partition coefficient (Wildman–Crippen LogP) is 3.69. The molecule has 0 spiro atoms. The summed E-state index contributed by atoms with van der Waals surface area (Å²) in [7, 11) is 1.56. The Morgan fingerprint density at radius 3 is 2.79 bits per heavy atom. The van der Waals surface area contributed by atoms with Crippen molar-refractivity contribution < 1.29 is 14.6 Å². The molecule has 122 valence electrons. The van der Waals surface area contributed by atoms with Gasteiger partial charge in [-0.2, -0.15) is 0 Å².